The van der Waals surface area contributed by atoms with Crippen molar-refractivity contribution in [3.05, 3.63) is 51.9 Å². The molecule has 1 aromatic carbocycles. The predicted molar refractivity (Wildman–Crippen MR) is 61.2 cm³/mol. The molecule has 7 heteroatoms. The molecular weight excluding hydrogens is 261 g/mol. The Balaban J connectivity index is 2.43. The molecule has 4 nitrogen and oxygen atoms in total. The molecule has 1 aromatic heterocycles. The number of benzene rings is 1. The Bertz CT molecular complexity index is 633. The number of H-pyrrole nitrogens is 1. The van der Waals surface area contributed by atoms with E-state index in [1.54, 1.807) is 0 Å². The number of aromatic amines is 1. The maximum Gasteiger partial charge on any atom is 0.416 e. The van der Waals surface area contributed by atoms with Crippen molar-refractivity contribution in [2.75, 3.05) is 0 Å². The topological polar surface area (TPSA) is 66.0 Å². The maximum absolute atomic E-state index is 12.4. The molecule has 0 aliphatic rings. The number of alkyl halides is 3. The third-order valence-corrected chi connectivity index (χ3v) is 2.44. The number of aromatic nitrogens is 2. The molecule has 0 aliphatic carbocycles. The summed E-state index contributed by atoms with van der Waals surface area (Å²) >= 11 is 0. The quantitative estimate of drug-likeness (QED) is 0.876. The maximum atomic E-state index is 12.4. The average Bonchev–Trinajstić information content (AvgIpc) is 2.37. The first-order valence-corrected chi connectivity index (χ1v) is 5.29. The fourth-order valence-corrected chi connectivity index (χ4v) is 1.54. The first-order chi connectivity index (χ1) is 8.90. The minimum absolute atomic E-state index is 0.116. The highest BCUT2D eigenvalue weighted by Crippen LogP contribution is 2.30. The van der Waals surface area contributed by atoms with Crippen molar-refractivity contribution >= 4 is 0 Å². The molecule has 1 heterocycles. The zero-order valence-electron chi connectivity index (χ0n) is 9.53. The van der Waals surface area contributed by atoms with Crippen LogP contribution in [0.5, 0.6) is 0 Å². The molecule has 2 aromatic rings. The van der Waals surface area contributed by atoms with Crippen molar-refractivity contribution in [3.63, 3.8) is 0 Å². The third kappa shape index (κ3) is 3.00. The fraction of sp³-hybridized carbons (Fsp3) is 0.167. The van der Waals surface area contributed by atoms with Gasteiger partial charge >= 0.3 is 6.18 Å². The highest BCUT2D eigenvalue weighted by molar-refractivity contribution is 5.55. The monoisotopic (exact) mass is 270 g/mol. The smallest absolute Gasteiger partial charge is 0.390 e. The summed E-state index contributed by atoms with van der Waals surface area (Å²) in [5.74, 6) is 0.116. The van der Waals surface area contributed by atoms with Gasteiger partial charge in [-0.05, 0) is 12.1 Å². The molecule has 0 bridgehead atoms. The molecule has 0 fully saturated rings. The summed E-state index contributed by atoms with van der Waals surface area (Å²) < 4.78 is 37.2. The van der Waals surface area contributed by atoms with Gasteiger partial charge in [-0.1, -0.05) is 12.1 Å². The molecule has 19 heavy (non-hydrogen) atoms. The van der Waals surface area contributed by atoms with E-state index in [-0.39, 0.29) is 11.5 Å². The van der Waals surface area contributed by atoms with Crippen molar-refractivity contribution in [1.29, 1.82) is 0 Å². The van der Waals surface area contributed by atoms with Crippen molar-refractivity contribution in [3.8, 4) is 11.4 Å². The Morgan fingerprint density at radius 2 is 1.84 bits per heavy atom. The Kier molecular flexibility index (Phi) is 3.39. The van der Waals surface area contributed by atoms with E-state index in [9.17, 15) is 18.0 Å². The van der Waals surface area contributed by atoms with Crippen molar-refractivity contribution in [2.45, 2.75) is 12.8 Å². The van der Waals surface area contributed by atoms with Crippen LogP contribution in [0.3, 0.4) is 0 Å². The lowest BCUT2D eigenvalue weighted by atomic mass is 10.1. The van der Waals surface area contributed by atoms with Crippen LogP contribution < -0.4 is 5.56 Å². The first kappa shape index (κ1) is 13.3. The number of halogens is 3. The molecule has 0 unspecified atom stereocenters. The molecule has 0 radical (unpaired) electrons. The molecule has 0 aliphatic heterocycles. The normalized spacial score (nSPS) is 11.6. The summed E-state index contributed by atoms with van der Waals surface area (Å²) in [5.41, 5.74) is -0.773. The average molecular weight is 270 g/mol. The van der Waals surface area contributed by atoms with Gasteiger partial charge in [0, 0.05) is 11.6 Å². The third-order valence-electron chi connectivity index (χ3n) is 2.44. The Labute approximate surface area is 105 Å². The standard InChI is InChI=1S/C12H9F3N2O2/c13-12(14,15)8-3-1-7(2-4-8)11-16-9(6-18)5-10(19)17-11/h1-5,18H,6H2,(H,16,17,19). The minimum Gasteiger partial charge on any atom is -0.390 e. The van der Waals surface area contributed by atoms with Gasteiger partial charge in [0.05, 0.1) is 17.9 Å². The lowest BCUT2D eigenvalue weighted by Crippen LogP contribution is -2.10. The van der Waals surface area contributed by atoms with Gasteiger partial charge < -0.3 is 10.1 Å². The Hall–Kier alpha value is -2.15. The number of nitrogens with zero attached hydrogens (tertiary/aromatic N) is 1. The number of aliphatic hydroxyl groups excluding tert-OH is 1. The van der Waals surface area contributed by atoms with Crippen molar-refractivity contribution in [2.24, 2.45) is 0 Å². The van der Waals surface area contributed by atoms with Gasteiger partial charge in [-0.2, -0.15) is 13.2 Å². The predicted octanol–water partition coefficient (Wildman–Crippen LogP) is 1.95. The van der Waals surface area contributed by atoms with Gasteiger partial charge in [-0.15, -0.1) is 0 Å². The zero-order chi connectivity index (χ0) is 14.0. The van der Waals surface area contributed by atoms with Gasteiger partial charge in [0.1, 0.15) is 5.82 Å². The summed E-state index contributed by atoms with van der Waals surface area (Å²) in [6.07, 6.45) is -4.41. The number of aliphatic hydroxyl groups is 1. The van der Waals surface area contributed by atoms with Gasteiger partial charge in [0.2, 0.25) is 0 Å². The van der Waals surface area contributed by atoms with E-state index < -0.39 is 23.9 Å². The molecular formula is C12H9F3N2O2. The van der Waals surface area contributed by atoms with E-state index in [0.29, 0.717) is 5.56 Å². The van der Waals surface area contributed by atoms with Crippen molar-refractivity contribution < 1.29 is 18.3 Å². The molecule has 0 amide bonds. The van der Waals surface area contributed by atoms with E-state index in [0.717, 1.165) is 18.2 Å². The molecule has 2 N–H and O–H groups in total. The fourth-order valence-electron chi connectivity index (χ4n) is 1.54. The van der Waals surface area contributed by atoms with Crippen LogP contribution in [0, 0.1) is 0 Å². The largest absolute Gasteiger partial charge is 0.416 e. The SMILES string of the molecule is O=c1cc(CO)nc(-c2ccc(C(F)(F)F)cc2)[nH]1. The van der Waals surface area contributed by atoms with Crippen LogP contribution in [-0.4, -0.2) is 15.1 Å². The van der Waals surface area contributed by atoms with Crippen LogP contribution >= 0.6 is 0 Å². The molecule has 0 atom stereocenters. The van der Waals surface area contributed by atoms with E-state index in [4.69, 9.17) is 5.11 Å². The Morgan fingerprint density at radius 1 is 1.21 bits per heavy atom. The second-order valence-corrected chi connectivity index (χ2v) is 3.82. The number of hydrogen-bond donors (Lipinski definition) is 2. The molecule has 0 saturated heterocycles. The van der Waals surface area contributed by atoms with Gasteiger partial charge in [-0.3, -0.25) is 4.79 Å². The molecule has 0 saturated carbocycles. The first-order valence-electron chi connectivity index (χ1n) is 5.29. The summed E-state index contributed by atoms with van der Waals surface area (Å²) in [6, 6.07) is 5.35. The van der Waals surface area contributed by atoms with E-state index in [1.165, 1.54) is 12.1 Å². The van der Waals surface area contributed by atoms with E-state index >= 15 is 0 Å². The number of nitrogens with one attached hydrogen (secondary N) is 1. The van der Waals surface area contributed by atoms with Gasteiger partial charge in [-0.25, -0.2) is 4.98 Å². The summed E-state index contributed by atoms with van der Waals surface area (Å²) in [5, 5.41) is 8.92. The Morgan fingerprint density at radius 3 is 2.37 bits per heavy atom. The molecule has 100 valence electrons. The highest BCUT2D eigenvalue weighted by Gasteiger charge is 2.30. The lowest BCUT2D eigenvalue weighted by Gasteiger charge is -2.07. The minimum atomic E-state index is -4.41. The van der Waals surface area contributed by atoms with Crippen LogP contribution in [0.2, 0.25) is 0 Å². The lowest BCUT2D eigenvalue weighted by molar-refractivity contribution is -0.137. The van der Waals surface area contributed by atoms with Crippen LogP contribution in [0.1, 0.15) is 11.3 Å². The number of rotatable bonds is 2. The van der Waals surface area contributed by atoms with E-state index in [2.05, 4.69) is 9.97 Å². The van der Waals surface area contributed by atoms with Crippen LogP contribution in [0.15, 0.2) is 35.1 Å². The van der Waals surface area contributed by atoms with Gasteiger partial charge in [0.25, 0.3) is 5.56 Å². The summed E-state index contributed by atoms with van der Waals surface area (Å²) in [4.78, 5) is 17.6. The van der Waals surface area contributed by atoms with Crippen LogP contribution in [0.25, 0.3) is 11.4 Å². The number of hydrogen-bond acceptors (Lipinski definition) is 3. The summed E-state index contributed by atoms with van der Waals surface area (Å²) in [6.45, 7) is -0.419. The summed E-state index contributed by atoms with van der Waals surface area (Å²) in [7, 11) is 0. The molecule has 2 rings (SSSR count). The van der Waals surface area contributed by atoms with E-state index in [1.807, 2.05) is 0 Å². The van der Waals surface area contributed by atoms with Gasteiger partial charge in [0.15, 0.2) is 0 Å². The molecule has 0 spiro atoms. The van der Waals surface area contributed by atoms with Crippen LogP contribution in [0.4, 0.5) is 13.2 Å². The second-order valence-electron chi connectivity index (χ2n) is 3.82. The van der Waals surface area contributed by atoms with Crippen LogP contribution in [-0.2, 0) is 12.8 Å². The zero-order valence-corrected chi connectivity index (χ0v) is 9.53. The second kappa shape index (κ2) is 4.85. The van der Waals surface area contributed by atoms with Crippen molar-refractivity contribution in [1.82, 2.24) is 9.97 Å². The highest BCUT2D eigenvalue weighted by atomic mass is 19.4.